The second kappa shape index (κ2) is 5.33. The molecule has 0 fully saturated rings. The molecular weight excluding hydrogens is 228 g/mol. The molecule has 0 saturated heterocycles. The van der Waals surface area contributed by atoms with Crippen molar-refractivity contribution in [3.05, 3.63) is 36.0 Å². The van der Waals surface area contributed by atoms with Crippen molar-refractivity contribution in [2.45, 2.75) is 19.6 Å². The van der Waals surface area contributed by atoms with Crippen molar-refractivity contribution >= 4 is 16.6 Å². The molecule has 0 aliphatic heterocycles. The molecular formula is C14H18N2O2. The predicted octanol–water partition coefficient (Wildman–Crippen LogP) is 1.54. The Labute approximate surface area is 107 Å². The Morgan fingerprint density at radius 3 is 2.72 bits per heavy atom. The summed E-state index contributed by atoms with van der Waals surface area (Å²) in [6, 6.07) is 9.67. The van der Waals surface area contributed by atoms with Crippen molar-refractivity contribution in [3.63, 3.8) is 0 Å². The highest BCUT2D eigenvalue weighted by molar-refractivity contribution is 5.91. The minimum atomic E-state index is -0.403. The lowest BCUT2D eigenvalue weighted by Gasteiger charge is -2.23. The van der Waals surface area contributed by atoms with Crippen LogP contribution in [0.5, 0.6) is 0 Å². The van der Waals surface area contributed by atoms with E-state index in [1.807, 2.05) is 42.3 Å². The van der Waals surface area contributed by atoms with Crippen LogP contribution < -0.4 is 4.90 Å². The smallest absolute Gasteiger partial charge is 0.0854 e. The van der Waals surface area contributed by atoms with E-state index in [4.69, 9.17) is 0 Å². The van der Waals surface area contributed by atoms with Crippen molar-refractivity contribution in [3.8, 4) is 0 Å². The highest BCUT2D eigenvalue weighted by atomic mass is 16.3. The van der Waals surface area contributed by atoms with E-state index >= 15 is 0 Å². The monoisotopic (exact) mass is 246 g/mol. The second-order valence-electron chi connectivity index (χ2n) is 4.54. The van der Waals surface area contributed by atoms with Crippen LogP contribution in [0.2, 0.25) is 0 Å². The van der Waals surface area contributed by atoms with E-state index in [2.05, 4.69) is 4.98 Å². The molecule has 1 heterocycles. The second-order valence-corrected chi connectivity index (χ2v) is 4.54. The fourth-order valence-corrected chi connectivity index (χ4v) is 2.10. The number of aliphatic hydroxyl groups is 2. The molecule has 0 spiro atoms. The highest BCUT2D eigenvalue weighted by Gasteiger charge is 2.10. The number of hydrogen-bond acceptors (Lipinski definition) is 4. The van der Waals surface area contributed by atoms with E-state index < -0.39 is 6.10 Å². The summed E-state index contributed by atoms with van der Waals surface area (Å²) in [5.74, 6) is 0. The minimum absolute atomic E-state index is 0.0830. The first-order valence-electron chi connectivity index (χ1n) is 6.00. The summed E-state index contributed by atoms with van der Waals surface area (Å²) in [7, 11) is 1.93. The molecule has 1 unspecified atom stereocenters. The van der Waals surface area contributed by atoms with E-state index in [0.29, 0.717) is 12.2 Å². The molecule has 0 radical (unpaired) electrons. The third-order valence-electron chi connectivity index (χ3n) is 2.86. The number of rotatable bonds is 4. The molecule has 4 heteroatoms. The number of hydrogen-bond donors (Lipinski definition) is 2. The standard InChI is InChI=1S/C14H18N2O2/c1-10(18)8-16(2)14-7-11(9-17)15-13-6-4-3-5-12(13)14/h3-7,10,17-18H,8-9H2,1-2H3. The van der Waals surface area contributed by atoms with E-state index in [1.54, 1.807) is 6.92 Å². The highest BCUT2D eigenvalue weighted by Crippen LogP contribution is 2.26. The Hall–Kier alpha value is -1.65. The van der Waals surface area contributed by atoms with E-state index in [1.165, 1.54) is 0 Å². The van der Waals surface area contributed by atoms with Gasteiger partial charge in [-0.2, -0.15) is 0 Å². The van der Waals surface area contributed by atoms with Crippen LogP contribution in [-0.2, 0) is 6.61 Å². The molecule has 2 rings (SSSR count). The summed E-state index contributed by atoms with van der Waals surface area (Å²) in [4.78, 5) is 6.36. The molecule has 0 bridgehead atoms. The van der Waals surface area contributed by atoms with Crippen LogP contribution >= 0.6 is 0 Å². The number of pyridine rings is 1. The van der Waals surface area contributed by atoms with Gasteiger partial charge in [-0.25, -0.2) is 0 Å². The molecule has 0 saturated carbocycles. The van der Waals surface area contributed by atoms with Crippen LogP contribution in [0.15, 0.2) is 30.3 Å². The van der Waals surface area contributed by atoms with Gasteiger partial charge in [0.15, 0.2) is 0 Å². The molecule has 1 atom stereocenters. The van der Waals surface area contributed by atoms with Crippen molar-refractivity contribution in [1.29, 1.82) is 0 Å². The van der Waals surface area contributed by atoms with E-state index in [-0.39, 0.29) is 6.61 Å². The minimum Gasteiger partial charge on any atom is -0.392 e. The Balaban J connectivity index is 2.53. The Bertz CT molecular complexity index is 540. The van der Waals surface area contributed by atoms with Gasteiger partial charge in [0.2, 0.25) is 0 Å². The summed E-state index contributed by atoms with van der Waals surface area (Å²) in [5.41, 5.74) is 2.48. The Morgan fingerprint density at radius 1 is 1.33 bits per heavy atom. The van der Waals surface area contributed by atoms with E-state index in [0.717, 1.165) is 16.6 Å². The number of para-hydroxylation sites is 1. The van der Waals surface area contributed by atoms with Gasteiger partial charge >= 0.3 is 0 Å². The number of likely N-dealkylation sites (N-methyl/N-ethyl adjacent to an activating group) is 1. The lowest BCUT2D eigenvalue weighted by Crippen LogP contribution is -2.27. The summed E-state index contributed by atoms with van der Waals surface area (Å²) in [5, 5.41) is 19.8. The van der Waals surface area contributed by atoms with Crippen molar-refractivity contribution in [1.82, 2.24) is 4.98 Å². The first kappa shape index (κ1) is 12.8. The number of aliphatic hydroxyl groups excluding tert-OH is 2. The Morgan fingerprint density at radius 2 is 2.06 bits per heavy atom. The average Bonchev–Trinajstić information content (AvgIpc) is 2.36. The van der Waals surface area contributed by atoms with E-state index in [9.17, 15) is 10.2 Å². The van der Waals surface area contributed by atoms with Crippen LogP contribution in [0.25, 0.3) is 10.9 Å². The average molecular weight is 246 g/mol. The maximum Gasteiger partial charge on any atom is 0.0854 e. The molecule has 4 nitrogen and oxygen atoms in total. The summed E-state index contributed by atoms with van der Waals surface area (Å²) in [6.07, 6.45) is -0.403. The number of anilines is 1. The van der Waals surface area contributed by atoms with Crippen LogP contribution in [0, 0.1) is 0 Å². The maximum absolute atomic E-state index is 9.48. The van der Waals surface area contributed by atoms with Gasteiger partial charge in [-0.1, -0.05) is 18.2 Å². The first-order chi connectivity index (χ1) is 8.61. The van der Waals surface area contributed by atoms with Gasteiger partial charge < -0.3 is 15.1 Å². The molecule has 96 valence electrons. The van der Waals surface area contributed by atoms with Gasteiger partial charge in [0.05, 0.1) is 23.9 Å². The zero-order valence-corrected chi connectivity index (χ0v) is 10.7. The van der Waals surface area contributed by atoms with Crippen LogP contribution in [-0.4, -0.2) is 34.9 Å². The maximum atomic E-state index is 9.48. The van der Waals surface area contributed by atoms with Gasteiger partial charge in [0.1, 0.15) is 0 Å². The molecule has 0 amide bonds. The fourth-order valence-electron chi connectivity index (χ4n) is 2.10. The molecule has 1 aromatic carbocycles. The predicted molar refractivity (Wildman–Crippen MR) is 72.6 cm³/mol. The molecule has 18 heavy (non-hydrogen) atoms. The number of benzene rings is 1. The molecule has 0 aliphatic carbocycles. The van der Waals surface area contributed by atoms with Crippen LogP contribution in [0.1, 0.15) is 12.6 Å². The number of nitrogens with zero attached hydrogens (tertiary/aromatic N) is 2. The largest absolute Gasteiger partial charge is 0.392 e. The number of aromatic nitrogens is 1. The molecule has 2 N–H and O–H groups in total. The van der Waals surface area contributed by atoms with Gasteiger partial charge in [-0.3, -0.25) is 4.98 Å². The fraction of sp³-hybridized carbons (Fsp3) is 0.357. The Kier molecular flexibility index (Phi) is 3.79. The third kappa shape index (κ3) is 2.60. The molecule has 2 aromatic rings. The third-order valence-corrected chi connectivity index (χ3v) is 2.86. The summed E-state index contributed by atoms with van der Waals surface area (Å²) >= 11 is 0. The van der Waals surface area contributed by atoms with Crippen LogP contribution in [0.3, 0.4) is 0 Å². The lowest BCUT2D eigenvalue weighted by atomic mass is 10.1. The van der Waals surface area contributed by atoms with Crippen molar-refractivity contribution in [2.24, 2.45) is 0 Å². The van der Waals surface area contributed by atoms with Gasteiger partial charge in [0.25, 0.3) is 0 Å². The first-order valence-corrected chi connectivity index (χ1v) is 6.00. The SMILES string of the molecule is CC(O)CN(C)c1cc(CO)nc2ccccc12. The summed E-state index contributed by atoms with van der Waals surface area (Å²) < 4.78 is 0. The van der Waals surface area contributed by atoms with Crippen molar-refractivity contribution < 1.29 is 10.2 Å². The van der Waals surface area contributed by atoms with Gasteiger partial charge in [0, 0.05) is 24.7 Å². The quantitative estimate of drug-likeness (QED) is 0.859. The van der Waals surface area contributed by atoms with Crippen LogP contribution in [0.4, 0.5) is 5.69 Å². The zero-order valence-electron chi connectivity index (χ0n) is 10.7. The summed E-state index contributed by atoms with van der Waals surface area (Å²) in [6.45, 7) is 2.21. The number of fused-ring (bicyclic) bond motifs is 1. The normalized spacial score (nSPS) is 12.7. The topological polar surface area (TPSA) is 56.6 Å². The van der Waals surface area contributed by atoms with Gasteiger partial charge in [-0.15, -0.1) is 0 Å². The molecule has 0 aliphatic rings. The zero-order chi connectivity index (χ0) is 13.1. The molecule has 1 aromatic heterocycles. The lowest BCUT2D eigenvalue weighted by molar-refractivity contribution is 0.201. The van der Waals surface area contributed by atoms with Crippen molar-refractivity contribution in [2.75, 3.05) is 18.5 Å². The van der Waals surface area contributed by atoms with Gasteiger partial charge in [-0.05, 0) is 19.1 Å².